The van der Waals surface area contributed by atoms with Crippen LogP contribution in [0.4, 0.5) is 0 Å². The van der Waals surface area contributed by atoms with Gasteiger partial charge in [0.2, 0.25) is 0 Å². The van der Waals surface area contributed by atoms with E-state index >= 15 is 0 Å². The summed E-state index contributed by atoms with van der Waals surface area (Å²) in [5.74, 6) is 0.708. The van der Waals surface area contributed by atoms with Gasteiger partial charge in [-0.25, -0.2) is 0 Å². The SMILES string of the molecule is C1=CN2CCC1CO2. The Balaban J connectivity index is 2.20. The van der Waals surface area contributed by atoms with Crippen molar-refractivity contribution >= 4 is 0 Å². The highest BCUT2D eigenvalue weighted by molar-refractivity contribution is 4.94. The van der Waals surface area contributed by atoms with Crippen LogP contribution >= 0.6 is 0 Å². The molecule has 3 heterocycles. The van der Waals surface area contributed by atoms with Gasteiger partial charge < -0.3 is 0 Å². The Morgan fingerprint density at radius 2 is 2.62 bits per heavy atom. The second-order valence-electron chi connectivity index (χ2n) is 2.33. The molecule has 2 heteroatoms. The Labute approximate surface area is 48.7 Å². The third kappa shape index (κ3) is 0.530. The maximum Gasteiger partial charge on any atom is 0.0812 e. The molecule has 0 aromatic heterocycles. The van der Waals surface area contributed by atoms with Crippen molar-refractivity contribution in [3.05, 3.63) is 12.3 Å². The summed E-state index contributed by atoms with van der Waals surface area (Å²) in [4.78, 5) is 5.22. The normalized spacial score (nSPS) is 34.0. The Hall–Kier alpha value is -0.500. The molecular weight excluding hydrogens is 102 g/mol. The summed E-state index contributed by atoms with van der Waals surface area (Å²) in [5, 5.41) is 1.90. The van der Waals surface area contributed by atoms with Crippen molar-refractivity contribution in [2.24, 2.45) is 5.92 Å². The van der Waals surface area contributed by atoms with Crippen molar-refractivity contribution in [2.75, 3.05) is 13.2 Å². The van der Waals surface area contributed by atoms with Crippen LogP contribution < -0.4 is 0 Å². The molecule has 0 N–H and O–H groups in total. The molecule has 1 unspecified atom stereocenters. The summed E-state index contributed by atoms with van der Waals surface area (Å²) in [6, 6.07) is 0. The molecule has 3 aliphatic heterocycles. The largest absolute Gasteiger partial charge is 0.273 e. The van der Waals surface area contributed by atoms with Crippen LogP contribution in [0.25, 0.3) is 0 Å². The van der Waals surface area contributed by atoms with Crippen LogP contribution in [0.3, 0.4) is 0 Å². The van der Waals surface area contributed by atoms with Crippen molar-refractivity contribution in [3.63, 3.8) is 0 Å². The molecule has 2 nitrogen and oxygen atoms in total. The van der Waals surface area contributed by atoms with Crippen molar-refractivity contribution < 1.29 is 4.84 Å². The molecule has 8 heavy (non-hydrogen) atoms. The highest BCUT2D eigenvalue weighted by atomic mass is 16.7. The molecule has 0 radical (unpaired) electrons. The van der Waals surface area contributed by atoms with Gasteiger partial charge in [0, 0.05) is 18.7 Å². The van der Waals surface area contributed by atoms with E-state index in [1.54, 1.807) is 0 Å². The summed E-state index contributed by atoms with van der Waals surface area (Å²) in [6.45, 7) is 1.98. The molecular formula is C6H9NO. The quantitative estimate of drug-likeness (QED) is 0.457. The van der Waals surface area contributed by atoms with Crippen LogP contribution in [0.15, 0.2) is 12.3 Å². The Morgan fingerprint density at radius 1 is 1.62 bits per heavy atom. The first-order valence-electron chi connectivity index (χ1n) is 3.03. The summed E-state index contributed by atoms with van der Waals surface area (Å²) in [5.41, 5.74) is 0. The number of hydrogen-bond donors (Lipinski definition) is 0. The molecule has 1 fully saturated rings. The van der Waals surface area contributed by atoms with Gasteiger partial charge >= 0.3 is 0 Å². The van der Waals surface area contributed by atoms with E-state index in [2.05, 4.69) is 6.08 Å². The minimum atomic E-state index is 0.708. The number of hydrogen-bond acceptors (Lipinski definition) is 2. The van der Waals surface area contributed by atoms with Crippen LogP contribution in [0.1, 0.15) is 6.42 Å². The lowest BCUT2D eigenvalue weighted by atomic mass is 10.0. The van der Waals surface area contributed by atoms with Crippen LogP contribution in [0.2, 0.25) is 0 Å². The summed E-state index contributed by atoms with van der Waals surface area (Å²) >= 11 is 0. The molecule has 3 rings (SSSR count). The lowest BCUT2D eigenvalue weighted by molar-refractivity contribution is -0.167. The number of nitrogens with zero attached hydrogens (tertiary/aromatic N) is 1. The van der Waals surface area contributed by atoms with Gasteiger partial charge in [0.1, 0.15) is 0 Å². The second kappa shape index (κ2) is 1.49. The number of rotatable bonds is 0. The minimum absolute atomic E-state index is 0.708. The molecule has 0 aliphatic carbocycles. The zero-order valence-electron chi connectivity index (χ0n) is 4.71. The predicted molar refractivity (Wildman–Crippen MR) is 29.9 cm³/mol. The average Bonchev–Trinajstić information content (AvgIpc) is 1.92. The van der Waals surface area contributed by atoms with E-state index in [0.717, 1.165) is 13.2 Å². The topological polar surface area (TPSA) is 12.5 Å². The molecule has 1 saturated heterocycles. The van der Waals surface area contributed by atoms with Crippen LogP contribution in [-0.4, -0.2) is 18.2 Å². The van der Waals surface area contributed by atoms with Crippen molar-refractivity contribution in [3.8, 4) is 0 Å². The fourth-order valence-electron chi connectivity index (χ4n) is 1.12. The minimum Gasteiger partial charge on any atom is -0.273 e. The van der Waals surface area contributed by atoms with Crippen molar-refractivity contribution in [1.82, 2.24) is 5.06 Å². The standard InChI is InChI=1S/C6H9NO/c1-3-7-4-2-6(1)5-8-7/h1,3,6H,2,4-5H2. The van der Waals surface area contributed by atoms with Crippen molar-refractivity contribution in [1.29, 1.82) is 0 Å². The zero-order chi connectivity index (χ0) is 5.40. The van der Waals surface area contributed by atoms with E-state index in [9.17, 15) is 0 Å². The highest BCUT2D eigenvalue weighted by Gasteiger charge is 2.19. The summed E-state index contributed by atoms with van der Waals surface area (Å²) in [6.07, 6.45) is 5.52. The first kappa shape index (κ1) is 4.39. The van der Waals surface area contributed by atoms with Gasteiger partial charge in [-0.1, -0.05) is 6.08 Å². The molecule has 2 bridgehead atoms. The van der Waals surface area contributed by atoms with E-state index in [4.69, 9.17) is 4.84 Å². The molecule has 0 aromatic carbocycles. The first-order valence-corrected chi connectivity index (χ1v) is 3.03. The van der Waals surface area contributed by atoms with E-state index in [1.165, 1.54) is 6.42 Å². The average molecular weight is 111 g/mol. The predicted octanol–water partition coefficient (Wildman–Crippen LogP) is 0.767. The zero-order valence-corrected chi connectivity index (χ0v) is 4.71. The van der Waals surface area contributed by atoms with E-state index in [0.29, 0.717) is 5.92 Å². The molecule has 44 valence electrons. The van der Waals surface area contributed by atoms with Gasteiger partial charge in [-0.05, 0) is 6.42 Å². The number of fused-ring (bicyclic) bond motifs is 2. The third-order valence-corrected chi connectivity index (χ3v) is 1.70. The van der Waals surface area contributed by atoms with Crippen LogP contribution in [0, 0.1) is 5.92 Å². The van der Waals surface area contributed by atoms with Gasteiger partial charge in [0.15, 0.2) is 0 Å². The van der Waals surface area contributed by atoms with Crippen LogP contribution in [0.5, 0.6) is 0 Å². The highest BCUT2D eigenvalue weighted by Crippen LogP contribution is 2.20. The number of hydroxylamine groups is 2. The van der Waals surface area contributed by atoms with E-state index in [-0.39, 0.29) is 0 Å². The smallest absolute Gasteiger partial charge is 0.0812 e. The second-order valence-corrected chi connectivity index (χ2v) is 2.33. The van der Waals surface area contributed by atoms with Gasteiger partial charge in [-0.3, -0.25) is 9.90 Å². The summed E-state index contributed by atoms with van der Waals surface area (Å²) < 4.78 is 0. The van der Waals surface area contributed by atoms with Gasteiger partial charge in [0.25, 0.3) is 0 Å². The fourth-order valence-corrected chi connectivity index (χ4v) is 1.12. The van der Waals surface area contributed by atoms with Gasteiger partial charge in [0.05, 0.1) is 6.61 Å². The Bertz CT molecular complexity index is 99.7. The third-order valence-electron chi connectivity index (χ3n) is 1.70. The van der Waals surface area contributed by atoms with Gasteiger partial charge in [-0.2, -0.15) is 0 Å². The van der Waals surface area contributed by atoms with Crippen LogP contribution in [-0.2, 0) is 4.84 Å². The molecule has 0 amide bonds. The fraction of sp³-hybridized carbons (Fsp3) is 0.667. The molecule has 0 aromatic rings. The Morgan fingerprint density at radius 3 is 2.75 bits per heavy atom. The van der Waals surface area contributed by atoms with Gasteiger partial charge in [-0.15, -0.1) is 0 Å². The monoisotopic (exact) mass is 111 g/mol. The Kier molecular flexibility index (Phi) is 0.815. The molecule has 0 saturated carbocycles. The molecule has 0 spiro atoms. The maximum absolute atomic E-state index is 5.22. The molecule has 3 aliphatic rings. The summed E-state index contributed by atoms with van der Waals surface area (Å²) in [7, 11) is 0. The van der Waals surface area contributed by atoms with Crippen molar-refractivity contribution in [2.45, 2.75) is 6.42 Å². The van der Waals surface area contributed by atoms with E-state index in [1.807, 2.05) is 11.3 Å². The molecule has 1 atom stereocenters. The first-order chi connectivity index (χ1) is 3.95. The maximum atomic E-state index is 5.22. The van der Waals surface area contributed by atoms with E-state index < -0.39 is 0 Å². The lowest BCUT2D eigenvalue weighted by Gasteiger charge is -2.33. The lowest BCUT2D eigenvalue weighted by Crippen LogP contribution is -2.34.